The van der Waals surface area contributed by atoms with Crippen LogP contribution in [0.2, 0.25) is 0 Å². The van der Waals surface area contributed by atoms with Crippen LogP contribution in [0.15, 0.2) is 24.3 Å². The number of benzene rings is 1. The Morgan fingerprint density at radius 3 is 2.61 bits per heavy atom. The molecule has 1 aromatic rings. The molecule has 2 N–H and O–H groups in total. The number of carboxylic acid groups (broad SMARTS) is 1. The van der Waals surface area contributed by atoms with Crippen molar-refractivity contribution in [2.75, 3.05) is 13.1 Å². The number of carbonyl (C=O) groups is 2. The van der Waals surface area contributed by atoms with Gasteiger partial charge in [-0.3, -0.25) is 4.79 Å². The Kier molecular flexibility index (Phi) is 4.82. The lowest BCUT2D eigenvalue weighted by Gasteiger charge is -2.25. The summed E-state index contributed by atoms with van der Waals surface area (Å²) in [6.07, 6.45) is 0.173. The molecule has 6 nitrogen and oxygen atoms in total. The summed E-state index contributed by atoms with van der Waals surface area (Å²) in [5, 5.41) is 19.1. The normalized spacial score (nSPS) is 19.4. The first-order valence-electron chi connectivity index (χ1n) is 7.67. The van der Waals surface area contributed by atoms with Crippen molar-refractivity contribution >= 4 is 12.1 Å². The second-order valence-electron chi connectivity index (χ2n) is 6.89. The van der Waals surface area contributed by atoms with Gasteiger partial charge in [0.1, 0.15) is 11.4 Å². The van der Waals surface area contributed by atoms with Gasteiger partial charge in [0.2, 0.25) is 0 Å². The van der Waals surface area contributed by atoms with Crippen molar-refractivity contribution in [2.24, 2.45) is 5.92 Å². The first kappa shape index (κ1) is 17.1. The van der Waals surface area contributed by atoms with Gasteiger partial charge in [-0.05, 0) is 50.8 Å². The molecular weight excluding hydrogens is 298 g/mol. The van der Waals surface area contributed by atoms with Crippen LogP contribution in [0, 0.1) is 5.92 Å². The first-order chi connectivity index (χ1) is 10.7. The Hall–Kier alpha value is -2.24. The average Bonchev–Trinajstić information content (AvgIpc) is 2.86. The minimum atomic E-state index is -0.952. The molecule has 0 aromatic heterocycles. The fourth-order valence-corrected chi connectivity index (χ4v) is 2.89. The minimum absolute atomic E-state index is 0.0377. The zero-order valence-corrected chi connectivity index (χ0v) is 13.7. The fraction of sp³-hybridized carbons (Fsp3) is 0.529. The van der Waals surface area contributed by atoms with E-state index in [-0.39, 0.29) is 11.7 Å². The molecule has 0 bridgehead atoms. The first-order valence-corrected chi connectivity index (χ1v) is 7.67. The Morgan fingerprint density at radius 1 is 1.35 bits per heavy atom. The van der Waals surface area contributed by atoms with Crippen molar-refractivity contribution < 1.29 is 24.5 Å². The van der Waals surface area contributed by atoms with Crippen molar-refractivity contribution in [2.45, 2.75) is 38.7 Å². The number of aliphatic carboxylic acids is 1. The van der Waals surface area contributed by atoms with Gasteiger partial charge in [0.05, 0.1) is 5.92 Å². The van der Waals surface area contributed by atoms with Gasteiger partial charge in [-0.2, -0.15) is 0 Å². The van der Waals surface area contributed by atoms with Crippen LogP contribution in [-0.2, 0) is 9.53 Å². The van der Waals surface area contributed by atoms with Crippen LogP contribution in [-0.4, -0.2) is 45.9 Å². The zero-order valence-electron chi connectivity index (χ0n) is 13.7. The molecule has 6 heteroatoms. The van der Waals surface area contributed by atoms with E-state index < -0.39 is 23.6 Å². The number of carboxylic acids is 1. The minimum Gasteiger partial charge on any atom is -0.508 e. The van der Waals surface area contributed by atoms with Crippen LogP contribution in [0.1, 0.15) is 38.7 Å². The number of nitrogens with zero attached hydrogens (tertiary/aromatic N) is 1. The number of aromatic hydroxyl groups is 1. The van der Waals surface area contributed by atoms with E-state index in [0.29, 0.717) is 25.1 Å². The number of rotatable bonds is 3. The van der Waals surface area contributed by atoms with E-state index >= 15 is 0 Å². The summed E-state index contributed by atoms with van der Waals surface area (Å²) in [5.41, 5.74) is -0.0272. The predicted octanol–water partition coefficient (Wildman–Crippen LogP) is 2.82. The van der Waals surface area contributed by atoms with Crippen molar-refractivity contribution in [1.82, 2.24) is 4.90 Å². The SMILES string of the molecule is CC(C)(C)OC(=O)N1CCC(C(C(=O)O)c2cccc(O)c2)C1. The zero-order chi connectivity index (χ0) is 17.2. The summed E-state index contributed by atoms with van der Waals surface area (Å²) < 4.78 is 5.33. The molecule has 1 heterocycles. The van der Waals surface area contributed by atoms with Crippen LogP contribution in [0.4, 0.5) is 4.79 Å². The third-order valence-electron chi connectivity index (χ3n) is 3.84. The lowest BCUT2D eigenvalue weighted by molar-refractivity contribution is -0.140. The molecule has 0 radical (unpaired) electrons. The molecule has 1 aliphatic heterocycles. The average molecular weight is 321 g/mol. The maximum Gasteiger partial charge on any atom is 0.410 e. The van der Waals surface area contributed by atoms with Crippen molar-refractivity contribution in [3.05, 3.63) is 29.8 Å². The van der Waals surface area contributed by atoms with Gasteiger partial charge in [0.25, 0.3) is 0 Å². The number of amides is 1. The topological polar surface area (TPSA) is 87.1 Å². The molecule has 2 atom stereocenters. The highest BCUT2D eigenvalue weighted by Gasteiger charge is 2.38. The second kappa shape index (κ2) is 6.48. The number of phenols is 1. The lowest BCUT2D eigenvalue weighted by atomic mass is 9.85. The summed E-state index contributed by atoms with van der Waals surface area (Å²) in [4.78, 5) is 25.3. The van der Waals surface area contributed by atoms with Crippen LogP contribution in [0.25, 0.3) is 0 Å². The maximum atomic E-state index is 12.1. The maximum absolute atomic E-state index is 12.1. The van der Waals surface area contributed by atoms with Crippen LogP contribution >= 0.6 is 0 Å². The molecule has 1 aliphatic rings. The quantitative estimate of drug-likeness (QED) is 0.894. The van der Waals surface area contributed by atoms with Crippen molar-refractivity contribution in [1.29, 1.82) is 0 Å². The molecule has 23 heavy (non-hydrogen) atoms. The highest BCUT2D eigenvalue weighted by atomic mass is 16.6. The molecule has 0 saturated carbocycles. The Morgan fingerprint density at radius 2 is 2.04 bits per heavy atom. The summed E-state index contributed by atoms with van der Waals surface area (Å²) in [5.74, 6) is -1.88. The van der Waals surface area contributed by atoms with E-state index in [1.54, 1.807) is 37.8 Å². The van der Waals surface area contributed by atoms with E-state index in [4.69, 9.17) is 4.74 Å². The number of ether oxygens (including phenoxy) is 1. The molecule has 1 saturated heterocycles. The van der Waals surface area contributed by atoms with E-state index in [1.165, 1.54) is 12.1 Å². The largest absolute Gasteiger partial charge is 0.508 e. The number of phenolic OH excluding ortho intramolecular Hbond substituents is 1. The summed E-state index contributed by atoms with van der Waals surface area (Å²) in [7, 11) is 0. The molecular formula is C17H23NO5. The third kappa shape index (κ3) is 4.37. The Balaban J connectivity index is 2.11. The monoisotopic (exact) mass is 321 g/mol. The fourth-order valence-electron chi connectivity index (χ4n) is 2.89. The molecule has 126 valence electrons. The molecule has 0 spiro atoms. The van der Waals surface area contributed by atoms with Gasteiger partial charge < -0.3 is 19.8 Å². The highest BCUT2D eigenvalue weighted by molar-refractivity contribution is 5.77. The molecule has 0 aliphatic carbocycles. The van der Waals surface area contributed by atoms with E-state index in [2.05, 4.69) is 0 Å². The molecule has 1 aromatic carbocycles. The summed E-state index contributed by atoms with van der Waals surface area (Å²) in [6.45, 7) is 6.20. The Bertz CT molecular complexity index is 593. The smallest absolute Gasteiger partial charge is 0.410 e. The molecule has 2 rings (SSSR count). The lowest BCUT2D eigenvalue weighted by Crippen LogP contribution is -2.36. The van der Waals surface area contributed by atoms with E-state index in [1.807, 2.05) is 0 Å². The van der Waals surface area contributed by atoms with Gasteiger partial charge in [-0.15, -0.1) is 0 Å². The van der Waals surface area contributed by atoms with Crippen LogP contribution < -0.4 is 0 Å². The number of hydrogen-bond donors (Lipinski definition) is 2. The van der Waals surface area contributed by atoms with Gasteiger partial charge in [0.15, 0.2) is 0 Å². The standard InChI is InChI=1S/C17H23NO5/c1-17(2,3)23-16(22)18-8-7-12(10-18)14(15(20)21)11-5-4-6-13(19)9-11/h4-6,9,12,14,19H,7-8,10H2,1-3H3,(H,20,21). The number of hydrogen-bond acceptors (Lipinski definition) is 4. The number of likely N-dealkylation sites (tertiary alicyclic amines) is 1. The van der Waals surface area contributed by atoms with E-state index in [0.717, 1.165) is 0 Å². The van der Waals surface area contributed by atoms with E-state index in [9.17, 15) is 19.8 Å². The van der Waals surface area contributed by atoms with Crippen molar-refractivity contribution in [3.63, 3.8) is 0 Å². The van der Waals surface area contributed by atoms with Gasteiger partial charge in [-0.1, -0.05) is 12.1 Å². The number of carbonyl (C=O) groups excluding carboxylic acids is 1. The van der Waals surface area contributed by atoms with Gasteiger partial charge in [0, 0.05) is 13.1 Å². The molecule has 1 fully saturated rings. The van der Waals surface area contributed by atoms with Crippen LogP contribution in [0.3, 0.4) is 0 Å². The Labute approximate surface area is 135 Å². The summed E-state index contributed by atoms with van der Waals surface area (Å²) in [6, 6.07) is 6.29. The highest BCUT2D eigenvalue weighted by Crippen LogP contribution is 2.34. The summed E-state index contributed by atoms with van der Waals surface area (Å²) >= 11 is 0. The van der Waals surface area contributed by atoms with Crippen molar-refractivity contribution in [3.8, 4) is 5.75 Å². The third-order valence-corrected chi connectivity index (χ3v) is 3.84. The second-order valence-corrected chi connectivity index (χ2v) is 6.89. The molecule has 2 unspecified atom stereocenters. The van der Waals surface area contributed by atoms with Gasteiger partial charge in [-0.25, -0.2) is 4.79 Å². The van der Waals surface area contributed by atoms with Crippen LogP contribution in [0.5, 0.6) is 5.75 Å². The predicted molar refractivity (Wildman–Crippen MR) is 84.4 cm³/mol. The molecule has 1 amide bonds. The van der Waals surface area contributed by atoms with Gasteiger partial charge >= 0.3 is 12.1 Å².